The van der Waals surface area contributed by atoms with E-state index in [2.05, 4.69) is 0 Å². The molecule has 0 spiro atoms. The molecular weight excluding hydrogens is 441 g/mol. The monoisotopic (exact) mass is 457 g/mol. The standard InChI is InChI=1S/C27H17Cl2NO2/c1-30-24-5-3-2-4-21(24)22-14-18(26(31)16-6-10-19(28)11-7-16)15-23(25(22)30)27(32)17-8-12-20(29)13-9-17/h2-15H,1H3. The number of aryl methyl sites for hydroxylation is 1. The molecule has 5 heteroatoms. The number of benzene rings is 4. The Morgan fingerprint density at radius 3 is 1.84 bits per heavy atom. The van der Waals surface area contributed by atoms with E-state index in [9.17, 15) is 9.59 Å². The molecule has 0 aliphatic rings. The first-order valence-electron chi connectivity index (χ1n) is 10.1. The van der Waals surface area contributed by atoms with E-state index in [1.165, 1.54) is 0 Å². The molecule has 0 amide bonds. The van der Waals surface area contributed by atoms with E-state index in [0.717, 1.165) is 21.8 Å². The number of halogens is 2. The average Bonchev–Trinajstić information content (AvgIpc) is 3.11. The number of ketones is 2. The minimum Gasteiger partial charge on any atom is -0.343 e. The Balaban J connectivity index is 1.78. The van der Waals surface area contributed by atoms with E-state index < -0.39 is 0 Å². The van der Waals surface area contributed by atoms with Gasteiger partial charge in [-0.1, -0.05) is 41.4 Å². The van der Waals surface area contributed by atoms with Crippen LogP contribution in [0.3, 0.4) is 0 Å². The second-order valence-electron chi connectivity index (χ2n) is 7.67. The summed E-state index contributed by atoms with van der Waals surface area (Å²) < 4.78 is 2.00. The number of nitrogens with zero attached hydrogens (tertiary/aromatic N) is 1. The van der Waals surface area contributed by atoms with Crippen molar-refractivity contribution in [1.82, 2.24) is 4.57 Å². The third kappa shape index (κ3) is 3.40. The third-order valence-corrected chi connectivity index (χ3v) is 6.22. The molecule has 156 valence electrons. The highest BCUT2D eigenvalue weighted by Gasteiger charge is 2.22. The molecular formula is C27H17Cl2NO2. The number of para-hydroxylation sites is 1. The van der Waals surface area contributed by atoms with Crippen LogP contribution in [-0.2, 0) is 7.05 Å². The fourth-order valence-corrected chi connectivity index (χ4v) is 4.40. The molecule has 0 radical (unpaired) electrons. The summed E-state index contributed by atoms with van der Waals surface area (Å²) in [6.07, 6.45) is 0. The maximum Gasteiger partial charge on any atom is 0.195 e. The normalized spacial score (nSPS) is 11.2. The summed E-state index contributed by atoms with van der Waals surface area (Å²) in [7, 11) is 1.93. The number of carbonyl (C=O) groups excluding carboxylic acids is 2. The second-order valence-corrected chi connectivity index (χ2v) is 8.54. The molecule has 0 atom stereocenters. The summed E-state index contributed by atoms with van der Waals surface area (Å²) in [5.41, 5.74) is 3.73. The maximum atomic E-state index is 13.6. The van der Waals surface area contributed by atoms with Crippen molar-refractivity contribution in [2.24, 2.45) is 7.05 Å². The van der Waals surface area contributed by atoms with Gasteiger partial charge in [0.25, 0.3) is 0 Å². The first-order valence-corrected chi connectivity index (χ1v) is 10.8. The van der Waals surface area contributed by atoms with Gasteiger partial charge in [0.15, 0.2) is 11.6 Å². The molecule has 0 aliphatic carbocycles. The summed E-state index contributed by atoms with van der Waals surface area (Å²) in [4.78, 5) is 26.9. The Labute approximate surface area is 194 Å². The molecule has 0 N–H and O–H groups in total. The third-order valence-electron chi connectivity index (χ3n) is 5.72. The zero-order valence-corrected chi connectivity index (χ0v) is 18.6. The van der Waals surface area contributed by atoms with Gasteiger partial charge in [-0.3, -0.25) is 9.59 Å². The highest BCUT2D eigenvalue weighted by molar-refractivity contribution is 6.31. The molecule has 0 fully saturated rings. The first kappa shape index (κ1) is 20.5. The van der Waals surface area contributed by atoms with E-state index in [1.807, 2.05) is 41.9 Å². The molecule has 0 aliphatic heterocycles. The van der Waals surface area contributed by atoms with Gasteiger partial charge in [-0.15, -0.1) is 0 Å². The van der Waals surface area contributed by atoms with Crippen LogP contribution in [0.25, 0.3) is 21.8 Å². The fourth-order valence-electron chi connectivity index (χ4n) is 4.14. The number of carbonyl (C=O) groups is 2. The molecule has 3 nitrogen and oxygen atoms in total. The van der Waals surface area contributed by atoms with Crippen molar-refractivity contribution in [3.8, 4) is 0 Å². The SMILES string of the molecule is Cn1c2ccccc2c2cc(C(=O)c3ccc(Cl)cc3)cc(C(=O)c3ccc(Cl)cc3)c21. The molecule has 0 bridgehead atoms. The fraction of sp³-hybridized carbons (Fsp3) is 0.0370. The topological polar surface area (TPSA) is 39.1 Å². The molecule has 5 rings (SSSR count). The van der Waals surface area contributed by atoms with E-state index >= 15 is 0 Å². The highest BCUT2D eigenvalue weighted by Crippen LogP contribution is 2.33. The molecule has 32 heavy (non-hydrogen) atoms. The van der Waals surface area contributed by atoms with Crippen LogP contribution in [0.4, 0.5) is 0 Å². The summed E-state index contributed by atoms with van der Waals surface area (Å²) in [5.74, 6) is -0.329. The minimum absolute atomic E-state index is 0.164. The number of hydrogen-bond donors (Lipinski definition) is 0. The Bertz CT molecular complexity index is 1510. The van der Waals surface area contributed by atoms with Crippen LogP contribution < -0.4 is 0 Å². The van der Waals surface area contributed by atoms with Crippen LogP contribution in [-0.4, -0.2) is 16.1 Å². The molecule has 4 aromatic carbocycles. The lowest BCUT2D eigenvalue weighted by molar-refractivity contribution is 0.103. The lowest BCUT2D eigenvalue weighted by Crippen LogP contribution is -2.08. The van der Waals surface area contributed by atoms with Crippen LogP contribution in [0.1, 0.15) is 31.8 Å². The highest BCUT2D eigenvalue weighted by atomic mass is 35.5. The van der Waals surface area contributed by atoms with Gasteiger partial charge in [-0.2, -0.15) is 0 Å². The van der Waals surface area contributed by atoms with Crippen LogP contribution in [0.2, 0.25) is 10.0 Å². The number of aromatic nitrogens is 1. The molecule has 5 aromatic rings. The van der Waals surface area contributed by atoms with Crippen molar-refractivity contribution in [2.75, 3.05) is 0 Å². The Morgan fingerprint density at radius 2 is 1.22 bits per heavy atom. The van der Waals surface area contributed by atoms with Crippen molar-refractivity contribution < 1.29 is 9.59 Å². The van der Waals surface area contributed by atoms with E-state index in [1.54, 1.807) is 54.6 Å². The Morgan fingerprint density at radius 1 is 0.656 bits per heavy atom. The molecule has 0 saturated carbocycles. The number of rotatable bonds is 4. The van der Waals surface area contributed by atoms with Crippen molar-refractivity contribution >= 4 is 56.6 Å². The first-order chi connectivity index (χ1) is 15.4. The quantitative estimate of drug-likeness (QED) is 0.270. The zero-order valence-electron chi connectivity index (χ0n) is 17.1. The van der Waals surface area contributed by atoms with Crippen molar-refractivity contribution in [2.45, 2.75) is 0 Å². The van der Waals surface area contributed by atoms with Crippen LogP contribution in [0.5, 0.6) is 0 Å². The predicted octanol–water partition coefficient (Wildman–Crippen LogP) is 7.10. The Hall–Kier alpha value is -3.40. The predicted molar refractivity (Wildman–Crippen MR) is 130 cm³/mol. The molecule has 1 aromatic heterocycles. The minimum atomic E-state index is -0.165. The average molecular weight is 458 g/mol. The van der Waals surface area contributed by atoms with Crippen molar-refractivity contribution in [1.29, 1.82) is 0 Å². The lowest BCUT2D eigenvalue weighted by Gasteiger charge is -2.10. The van der Waals surface area contributed by atoms with Gasteiger partial charge in [0, 0.05) is 55.6 Å². The van der Waals surface area contributed by atoms with Gasteiger partial charge in [0.1, 0.15) is 0 Å². The maximum absolute atomic E-state index is 13.6. The lowest BCUT2D eigenvalue weighted by atomic mass is 9.94. The van der Waals surface area contributed by atoms with Crippen LogP contribution >= 0.6 is 23.2 Å². The van der Waals surface area contributed by atoms with Gasteiger partial charge < -0.3 is 4.57 Å². The van der Waals surface area contributed by atoms with E-state index in [-0.39, 0.29) is 11.6 Å². The Kier molecular flexibility index (Phi) is 5.09. The summed E-state index contributed by atoms with van der Waals surface area (Å²) in [5, 5.41) is 2.97. The smallest absolute Gasteiger partial charge is 0.195 e. The molecule has 0 saturated heterocycles. The zero-order chi connectivity index (χ0) is 22.4. The van der Waals surface area contributed by atoms with E-state index in [0.29, 0.717) is 32.3 Å². The number of hydrogen-bond acceptors (Lipinski definition) is 2. The van der Waals surface area contributed by atoms with Gasteiger partial charge in [-0.05, 0) is 66.7 Å². The number of fused-ring (bicyclic) bond motifs is 3. The molecule has 0 unspecified atom stereocenters. The summed E-state index contributed by atoms with van der Waals surface area (Å²) in [6, 6.07) is 25.0. The van der Waals surface area contributed by atoms with Gasteiger partial charge in [0.2, 0.25) is 0 Å². The van der Waals surface area contributed by atoms with Crippen LogP contribution in [0.15, 0.2) is 84.9 Å². The van der Waals surface area contributed by atoms with Gasteiger partial charge in [-0.25, -0.2) is 0 Å². The van der Waals surface area contributed by atoms with Gasteiger partial charge >= 0.3 is 0 Å². The largest absolute Gasteiger partial charge is 0.343 e. The van der Waals surface area contributed by atoms with Crippen molar-refractivity contribution in [3.63, 3.8) is 0 Å². The summed E-state index contributed by atoms with van der Waals surface area (Å²) in [6.45, 7) is 0. The van der Waals surface area contributed by atoms with Crippen LogP contribution in [0, 0.1) is 0 Å². The van der Waals surface area contributed by atoms with E-state index in [4.69, 9.17) is 23.2 Å². The van der Waals surface area contributed by atoms with Gasteiger partial charge in [0.05, 0.1) is 5.52 Å². The van der Waals surface area contributed by atoms with Crippen molar-refractivity contribution in [3.05, 3.63) is 117 Å². The summed E-state index contributed by atoms with van der Waals surface area (Å²) >= 11 is 12.0. The second kappa shape index (κ2) is 7.94. The molecule has 1 heterocycles.